The fourth-order valence-electron chi connectivity index (χ4n) is 3.68. The first-order valence-corrected chi connectivity index (χ1v) is 10.8. The number of anilines is 1. The average molecular weight is 446 g/mol. The Morgan fingerprint density at radius 3 is 2.72 bits per heavy atom. The minimum atomic E-state index is -2.66. The maximum absolute atomic E-state index is 13.3. The van der Waals surface area contributed by atoms with E-state index in [-0.39, 0.29) is 11.9 Å². The van der Waals surface area contributed by atoms with Gasteiger partial charge in [-0.3, -0.25) is 9.88 Å². The quantitative estimate of drug-likeness (QED) is 0.458. The zero-order valence-electron chi connectivity index (χ0n) is 18.9. The number of aromatic nitrogens is 1. The molecule has 0 aliphatic carbocycles. The van der Waals surface area contributed by atoms with Gasteiger partial charge in [-0.2, -0.15) is 0 Å². The normalized spacial score (nSPS) is 20.2. The lowest BCUT2D eigenvalue weighted by molar-refractivity contribution is 0.146. The number of rotatable bonds is 8. The van der Waals surface area contributed by atoms with Crippen LogP contribution in [-0.4, -0.2) is 55.8 Å². The molecule has 7 nitrogen and oxygen atoms in total. The van der Waals surface area contributed by atoms with E-state index in [4.69, 9.17) is 5.73 Å². The van der Waals surface area contributed by atoms with Crippen LogP contribution in [0.25, 0.3) is 0 Å². The van der Waals surface area contributed by atoms with Crippen LogP contribution in [0.1, 0.15) is 26.0 Å². The smallest absolute Gasteiger partial charge is 0.280 e. The largest absolute Gasteiger partial charge is 0.388 e. The summed E-state index contributed by atoms with van der Waals surface area (Å²) in [6, 6.07) is 3.07. The molecule has 0 aromatic carbocycles. The van der Waals surface area contributed by atoms with Gasteiger partial charge in [0.1, 0.15) is 17.7 Å². The third-order valence-corrected chi connectivity index (χ3v) is 5.39. The number of likely N-dealkylation sites (N-methyl/N-ethyl adjacent to an activating group) is 1. The SMILES string of the molecule is CN/C(=C\C=C(C)C)C1NC(/C=C\CN2CCNCC2)=C(N)N1c1ccnc(C(F)F)c1. The molecule has 5 N–H and O–H groups in total. The fourth-order valence-corrected chi connectivity index (χ4v) is 3.68. The highest BCUT2D eigenvalue weighted by Crippen LogP contribution is 2.30. The third-order valence-electron chi connectivity index (χ3n) is 5.39. The van der Waals surface area contributed by atoms with Gasteiger partial charge in [-0.05, 0) is 38.1 Å². The first-order valence-electron chi connectivity index (χ1n) is 10.8. The summed E-state index contributed by atoms with van der Waals surface area (Å²) in [5.41, 5.74) is 9.55. The highest BCUT2D eigenvalue weighted by Gasteiger charge is 2.32. The number of nitrogens with zero attached hydrogens (tertiary/aromatic N) is 3. The van der Waals surface area contributed by atoms with E-state index < -0.39 is 6.43 Å². The second-order valence-electron chi connectivity index (χ2n) is 8.02. The number of pyridine rings is 1. The maximum atomic E-state index is 13.3. The number of halogens is 2. The van der Waals surface area contributed by atoms with Crippen molar-refractivity contribution in [3.8, 4) is 0 Å². The van der Waals surface area contributed by atoms with E-state index in [1.807, 2.05) is 44.0 Å². The van der Waals surface area contributed by atoms with E-state index in [0.29, 0.717) is 11.5 Å². The van der Waals surface area contributed by atoms with Gasteiger partial charge in [0.05, 0.1) is 11.4 Å². The van der Waals surface area contributed by atoms with Gasteiger partial charge in [0.2, 0.25) is 0 Å². The van der Waals surface area contributed by atoms with Gasteiger partial charge >= 0.3 is 0 Å². The van der Waals surface area contributed by atoms with Crippen molar-refractivity contribution < 1.29 is 8.78 Å². The Morgan fingerprint density at radius 1 is 1.31 bits per heavy atom. The molecule has 174 valence electrons. The van der Waals surface area contributed by atoms with Gasteiger partial charge in [0.15, 0.2) is 0 Å². The van der Waals surface area contributed by atoms with Crippen LogP contribution in [0.2, 0.25) is 0 Å². The Morgan fingerprint density at radius 2 is 2.06 bits per heavy atom. The minimum absolute atomic E-state index is 0.281. The molecule has 1 fully saturated rings. The molecule has 32 heavy (non-hydrogen) atoms. The molecule has 1 unspecified atom stereocenters. The van der Waals surface area contributed by atoms with Gasteiger partial charge in [-0.1, -0.05) is 17.7 Å². The summed E-state index contributed by atoms with van der Waals surface area (Å²) in [6.45, 7) is 8.83. The second kappa shape index (κ2) is 11.1. The lowest BCUT2D eigenvalue weighted by Crippen LogP contribution is -2.44. The van der Waals surface area contributed by atoms with Crippen molar-refractivity contribution >= 4 is 5.69 Å². The average Bonchev–Trinajstić information content (AvgIpc) is 3.11. The molecular formula is C23H33F2N7. The first kappa shape index (κ1) is 23.7. The van der Waals surface area contributed by atoms with E-state index in [2.05, 4.69) is 31.9 Å². The molecule has 0 radical (unpaired) electrons. The van der Waals surface area contributed by atoms with Crippen molar-refractivity contribution in [2.75, 3.05) is 44.7 Å². The Bertz CT molecular complexity index is 897. The van der Waals surface area contributed by atoms with E-state index in [0.717, 1.165) is 49.7 Å². The van der Waals surface area contributed by atoms with Crippen LogP contribution in [0.3, 0.4) is 0 Å². The minimum Gasteiger partial charge on any atom is -0.388 e. The molecule has 0 saturated carbocycles. The highest BCUT2D eigenvalue weighted by molar-refractivity contribution is 5.59. The molecule has 1 atom stereocenters. The lowest BCUT2D eigenvalue weighted by Gasteiger charge is -2.29. The zero-order valence-corrected chi connectivity index (χ0v) is 18.9. The standard InChI is InChI=1S/C23H33F2N7/c1-16(2)6-7-19(27-3)23-30-18(5-4-12-31-13-10-28-11-14-31)22(26)32(23)17-8-9-29-20(15-17)21(24)25/h4-9,15,21,23,27-28,30H,10-14,26H2,1-3H3/b5-4-,19-7-. The number of hydrogen-bond donors (Lipinski definition) is 4. The zero-order chi connectivity index (χ0) is 23.1. The van der Waals surface area contributed by atoms with Crippen LogP contribution in [0.15, 0.2) is 65.4 Å². The summed E-state index contributed by atoms with van der Waals surface area (Å²) >= 11 is 0. The van der Waals surface area contributed by atoms with Crippen LogP contribution in [0, 0.1) is 0 Å². The summed E-state index contributed by atoms with van der Waals surface area (Å²) < 4.78 is 26.6. The molecule has 0 spiro atoms. The molecule has 3 rings (SSSR count). The molecule has 1 aromatic heterocycles. The van der Waals surface area contributed by atoms with Crippen LogP contribution in [-0.2, 0) is 0 Å². The van der Waals surface area contributed by atoms with Gasteiger partial charge in [0, 0.05) is 51.7 Å². The number of nitrogens with two attached hydrogens (primary N) is 1. The summed E-state index contributed by atoms with van der Waals surface area (Å²) in [5, 5.41) is 10.0. The van der Waals surface area contributed by atoms with Crippen molar-refractivity contribution in [3.05, 3.63) is 71.1 Å². The maximum Gasteiger partial charge on any atom is 0.280 e. The number of allylic oxidation sites excluding steroid dienone is 4. The Hall–Kier alpha value is -2.91. The highest BCUT2D eigenvalue weighted by atomic mass is 19.3. The first-order chi connectivity index (χ1) is 15.4. The molecule has 1 saturated heterocycles. The molecule has 1 aromatic rings. The van der Waals surface area contributed by atoms with E-state index in [9.17, 15) is 8.78 Å². The van der Waals surface area contributed by atoms with Crippen molar-refractivity contribution in [3.63, 3.8) is 0 Å². The topological polar surface area (TPSA) is 81.5 Å². The van der Waals surface area contributed by atoms with Crippen LogP contribution in [0.4, 0.5) is 14.5 Å². The Balaban J connectivity index is 1.91. The number of nitrogens with one attached hydrogen (secondary N) is 3. The molecule has 0 amide bonds. The van der Waals surface area contributed by atoms with E-state index in [1.54, 1.807) is 6.07 Å². The van der Waals surface area contributed by atoms with Crippen molar-refractivity contribution in [2.24, 2.45) is 5.73 Å². The molecule has 2 aliphatic heterocycles. The van der Waals surface area contributed by atoms with Gasteiger partial charge in [0.25, 0.3) is 6.43 Å². The number of hydrogen-bond acceptors (Lipinski definition) is 7. The van der Waals surface area contributed by atoms with Crippen molar-refractivity contribution in [2.45, 2.75) is 26.4 Å². The third kappa shape index (κ3) is 5.86. The van der Waals surface area contributed by atoms with Crippen LogP contribution < -0.4 is 26.6 Å². The van der Waals surface area contributed by atoms with Crippen LogP contribution in [0.5, 0.6) is 0 Å². The number of piperazine rings is 1. The van der Waals surface area contributed by atoms with E-state index in [1.165, 1.54) is 12.3 Å². The van der Waals surface area contributed by atoms with Gasteiger partial charge < -0.3 is 26.6 Å². The lowest BCUT2D eigenvalue weighted by atomic mass is 10.2. The summed E-state index contributed by atoms with van der Waals surface area (Å²) in [5.74, 6) is 0.469. The molecule has 9 heteroatoms. The molecule has 0 bridgehead atoms. The molecule has 2 aliphatic rings. The van der Waals surface area contributed by atoms with Crippen molar-refractivity contribution in [1.82, 2.24) is 25.8 Å². The van der Waals surface area contributed by atoms with Crippen LogP contribution >= 0.6 is 0 Å². The summed E-state index contributed by atoms with van der Waals surface area (Å²) in [6.07, 6.45) is 6.37. The Labute approximate surface area is 188 Å². The Kier molecular flexibility index (Phi) is 8.24. The predicted octanol–water partition coefficient (Wildman–Crippen LogP) is 2.41. The predicted molar refractivity (Wildman–Crippen MR) is 125 cm³/mol. The van der Waals surface area contributed by atoms with Gasteiger partial charge in [-0.25, -0.2) is 8.78 Å². The molecular weight excluding hydrogens is 412 g/mol. The fraction of sp³-hybridized carbons (Fsp3) is 0.435. The summed E-state index contributed by atoms with van der Waals surface area (Å²) in [4.78, 5) is 7.97. The van der Waals surface area contributed by atoms with Gasteiger partial charge in [-0.15, -0.1) is 0 Å². The van der Waals surface area contributed by atoms with Crippen molar-refractivity contribution in [1.29, 1.82) is 0 Å². The molecule has 3 heterocycles. The van der Waals surface area contributed by atoms with E-state index >= 15 is 0 Å². The summed E-state index contributed by atoms with van der Waals surface area (Å²) in [7, 11) is 1.83. The monoisotopic (exact) mass is 445 g/mol. The second-order valence-corrected chi connectivity index (χ2v) is 8.02. The number of alkyl halides is 2.